The lowest BCUT2D eigenvalue weighted by molar-refractivity contribution is 0.0697. The molecule has 0 radical (unpaired) electrons. The van der Waals surface area contributed by atoms with Crippen LogP contribution in [0.1, 0.15) is 33.7 Å². The summed E-state index contributed by atoms with van der Waals surface area (Å²) in [5.41, 5.74) is 4.15. The monoisotopic (exact) mass is 462 g/mol. The van der Waals surface area contributed by atoms with E-state index in [1.54, 1.807) is 23.6 Å². The van der Waals surface area contributed by atoms with Gasteiger partial charge >= 0.3 is 5.97 Å². The summed E-state index contributed by atoms with van der Waals surface area (Å²) >= 11 is 1.10. The van der Waals surface area contributed by atoms with Crippen molar-refractivity contribution < 1.29 is 18.3 Å². The molecular formula is C21H26N4O4S2. The molecule has 8 nitrogen and oxygen atoms in total. The average Bonchev–Trinajstić information content (AvgIpc) is 3.32. The standard InChI is InChI=1S/C21H26N4O4S2/c1-14-17(15(2)25(4)22-14)7-5-11-24(3)19-10-9-16(13-18(19)21(26)27)23-31(28,29)20-8-6-12-30-20/h6,8-10,12-13,23H,5,7,11H2,1-4H3,(H,26,27). The minimum atomic E-state index is -3.74. The van der Waals surface area contributed by atoms with Crippen molar-refractivity contribution in [1.82, 2.24) is 9.78 Å². The molecule has 0 atom stereocenters. The first kappa shape index (κ1) is 22.8. The van der Waals surface area contributed by atoms with E-state index in [0.29, 0.717) is 12.2 Å². The summed E-state index contributed by atoms with van der Waals surface area (Å²) in [6.45, 7) is 4.68. The van der Waals surface area contributed by atoms with Gasteiger partial charge in [0.05, 0.1) is 16.9 Å². The first-order valence-corrected chi connectivity index (χ1v) is 12.1. The summed E-state index contributed by atoms with van der Waals surface area (Å²) in [4.78, 5) is 13.7. The number of aryl methyl sites for hydroxylation is 2. The second-order valence-corrected chi connectivity index (χ2v) is 10.2. The SMILES string of the molecule is Cc1nn(C)c(C)c1CCCN(C)c1ccc(NS(=O)(=O)c2cccs2)cc1C(=O)O. The van der Waals surface area contributed by atoms with Crippen molar-refractivity contribution in [3.63, 3.8) is 0 Å². The Morgan fingerprint density at radius 2 is 2.03 bits per heavy atom. The molecule has 0 saturated carbocycles. The van der Waals surface area contributed by atoms with E-state index >= 15 is 0 Å². The molecule has 0 fully saturated rings. The average molecular weight is 463 g/mol. The summed E-state index contributed by atoms with van der Waals surface area (Å²) in [6, 6.07) is 7.72. The van der Waals surface area contributed by atoms with Gasteiger partial charge in [-0.3, -0.25) is 9.40 Å². The third kappa shape index (κ3) is 5.08. The molecule has 2 aromatic heterocycles. The van der Waals surface area contributed by atoms with Crippen LogP contribution < -0.4 is 9.62 Å². The molecule has 3 aromatic rings. The quantitative estimate of drug-likeness (QED) is 0.503. The largest absolute Gasteiger partial charge is 0.478 e. The van der Waals surface area contributed by atoms with Crippen LogP contribution in [0.5, 0.6) is 0 Å². The van der Waals surface area contributed by atoms with Gasteiger partial charge in [0.2, 0.25) is 0 Å². The zero-order valence-electron chi connectivity index (χ0n) is 17.9. The fourth-order valence-electron chi connectivity index (χ4n) is 3.52. The molecule has 0 bridgehead atoms. The van der Waals surface area contributed by atoms with Gasteiger partial charge in [-0.15, -0.1) is 11.3 Å². The second-order valence-electron chi connectivity index (χ2n) is 7.37. The van der Waals surface area contributed by atoms with Crippen LogP contribution in [0.25, 0.3) is 0 Å². The zero-order chi connectivity index (χ0) is 22.8. The summed E-state index contributed by atoms with van der Waals surface area (Å²) in [7, 11) is 0.0130. The fourth-order valence-corrected chi connectivity index (χ4v) is 5.56. The first-order valence-electron chi connectivity index (χ1n) is 9.74. The van der Waals surface area contributed by atoms with E-state index in [1.807, 2.05) is 37.5 Å². The Bertz CT molecular complexity index is 1180. The number of thiophene rings is 1. The van der Waals surface area contributed by atoms with Gasteiger partial charge in [-0.1, -0.05) is 6.07 Å². The van der Waals surface area contributed by atoms with Gasteiger partial charge < -0.3 is 10.0 Å². The maximum absolute atomic E-state index is 12.4. The number of carboxylic acid groups (broad SMARTS) is 1. The van der Waals surface area contributed by atoms with Gasteiger partial charge in [-0.25, -0.2) is 13.2 Å². The van der Waals surface area contributed by atoms with Gasteiger partial charge in [-0.05, 0) is 61.9 Å². The maximum atomic E-state index is 12.4. The zero-order valence-corrected chi connectivity index (χ0v) is 19.5. The molecule has 0 aliphatic rings. The van der Waals surface area contributed by atoms with E-state index in [1.165, 1.54) is 17.7 Å². The lowest BCUT2D eigenvalue weighted by Crippen LogP contribution is -2.22. The van der Waals surface area contributed by atoms with Crippen LogP contribution in [0, 0.1) is 13.8 Å². The normalized spacial score (nSPS) is 11.5. The van der Waals surface area contributed by atoms with E-state index in [0.717, 1.165) is 35.6 Å². The summed E-state index contributed by atoms with van der Waals surface area (Å²) in [5, 5.41) is 15.8. The molecule has 10 heteroatoms. The third-order valence-corrected chi connectivity index (χ3v) is 8.01. The van der Waals surface area contributed by atoms with E-state index in [4.69, 9.17) is 0 Å². The van der Waals surface area contributed by atoms with Crippen LogP contribution in [-0.4, -0.2) is 42.9 Å². The lowest BCUT2D eigenvalue weighted by Gasteiger charge is -2.22. The fraction of sp³-hybridized carbons (Fsp3) is 0.333. The van der Waals surface area contributed by atoms with Gasteiger partial charge in [0.1, 0.15) is 4.21 Å². The molecule has 0 aliphatic carbocycles. The van der Waals surface area contributed by atoms with Crippen LogP contribution in [0.4, 0.5) is 11.4 Å². The van der Waals surface area contributed by atoms with Crippen molar-refractivity contribution in [3.05, 3.63) is 58.2 Å². The maximum Gasteiger partial charge on any atom is 0.337 e. The number of hydrogen-bond acceptors (Lipinski definition) is 6. The number of aromatic carboxylic acids is 1. The van der Waals surface area contributed by atoms with Crippen molar-refractivity contribution in [3.8, 4) is 0 Å². The second kappa shape index (κ2) is 9.11. The van der Waals surface area contributed by atoms with Gasteiger partial charge in [-0.2, -0.15) is 5.10 Å². The van der Waals surface area contributed by atoms with Crippen molar-refractivity contribution in [1.29, 1.82) is 0 Å². The topological polar surface area (TPSA) is 105 Å². The Hall–Kier alpha value is -2.85. The number of aromatic nitrogens is 2. The van der Waals surface area contributed by atoms with Crippen molar-refractivity contribution in [2.24, 2.45) is 7.05 Å². The van der Waals surface area contributed by atoms with Crippen molar-refractivity contribution >= 4 is 38.7 Å². The predicted molar refractivity (Wildman–Crippen MR) is 123 cm³/mol. The summed E-state index contributed by atoms with van der Waals surface area (Å²) < 4.78 is 29.4. The number of benzene rings is 1. The molecule has 0 aliphatic heterocycles. The molecule has 0 unspecified atom stereocenters. The third-order valence-electron chi connectivity index (χ3n) is 5.23. The molecule has 0 spiro atoms. The van der Waals surface area contributed by atoms with Gasteiger partial charge in [0.25, 0.3) is 10.0 Å². The molecule has 2 heterocycles. The minimum Gasteiger partial charge on any atom is -0.478 e. The Kier molecular flexibility index (Phi) is 6.71. The molecule has 0 saturated heterocycles. The highest BCUT2D eigenvalue weighted by Crippen LogP contribution is 2.27. The molecule has 1 aromatic carbocycles. The molecule has 166 valence electrons. The molecule has 31 heavy (non-hydrogen) atoms. The summed E-state index contributed by atoms with van der Waals surface area (Å²) in [6.07, 6.45) is 1.67. The van der Waals surface area contributed by atoms with Gasteiger partial charge in [0, 0.05) is 32.0 Å². The summed E-state index contributed by atoms with van der Waals surface area (Å²) in [5.74, 6) is -1.11. The van der Waals surface area contributed by atoms with E-state index in [-0.39, 0.29) is 15.5 Å². The Balaban J connectivity index is 1.74. The highest BCUT2D eigenvalue weighted by atomic mass is 32.2. The number of nitrogens with one attached hydrogen (secondary N) is 1. The van der Waals surface area contributed by atoms with Crippen molar-refractivity contribution in [2.45, 2.75) is 30.9 Å². The van der Waals surface area contributed by atoms with Crippen LogP contribution >= 0.6 is 11.3 Å². The number of carboxylic acids is 1. The van der Waals surface area contributed by atoms with Crippen LogP contribution in [0.2, 0.25) is 0 Å². The smallest absolute Gasteiger partial charge is 0.337 e. The Labute approximate surface area is 186 Å². The lowest BCUT2D eigenvalue weighted by atomic mass is 10.1. The van der Waals surface area contributed by atoms with Crippen LogP contribution in [0.3, 0.4) is 0 Å². The van der Waals surface area contributed by atoms with Crippen molar-refractivity contribution in [2.75, 3.05) is 23.2 Å². The number of sulfonamides is 1. The van der Waals surface area contributed by atoms with Crippen LogP contribution in [-0.2, 0) is 23.5 Å². The molecular weight excluding hydrogens is 436 g/mol. The van der Waals surface area contributed by atoms with Crippen LogP contribution in [0.15, 0.2) is 39.9 Å². The first-order chi connectivity index (χ1) is 14.6. The minimum absolute atomic E-state index is 0.0441. The number of hydrogen-bond donors (Lipinski definition) is 2. The number of rotatable bonds is 9. The number of nitrogens with zero attached hydrogens (tertiary/aromatic N) is 3. The highest BCUT2D eigenvalue weighted by Gasteiger charge is 2.19. The highest BCUT2D eigenvalue weighted by molar-refractivity contribution is 7.94. The Morgan fingerprint density at radius 1 is 1.29 bits per heavy atom. The number of carbonyl (C=O) groups is 1. The molecule has 0 amide bonds. The molecule has 3 rings (SSSR count). The van der Waals surface area contributed by atoms with Gasteiger partial charge in [0.15, 0.2) is 0 Å². The number of anilines is 2. The predicted octanol–water partition coefficient (Wildman–Crippen LogP) is 3.67. The van der Waals surface area contributed by atoms with E-state index < -0.39 is 16.0 Å². The Morgan fingerprint density at radius 3 is 2.61 bits per heavy atom. The molecule has 2 N–H and O–H groups in total. The van der Waals surface area contributed by atoms with E-state index in [9.17, 15) is 18.3 Å². The van der Waals surface area contributed by atoms with E-state index in [2.05, 4.69) is 9.82 Å².